The molecule has 2 N–H and O–H groups in total. The highest BCUT2D eigenvalue weighted by atomic mass is 16.5. The van der Waals surface area contributed by atoms with E-state index in [0.717, 1.165) is 0 Å². The Morgan fingerprint density at radius 3 is 2.33 bits per heavy atom. The summed E-state index contributed by atoms with van der Waals surface area (Å²) in [6.07, 6.45) is 0. The van der Waals surface area contributed by atoms with Crippen LogP contribution in [0.25, 0.3) is 0 Å². The van der Waals surface area contributed by atoms with Crippen molar-refractivity contribution in [3.8, 4) is 5.75 Å². The first-order chi connectivity index (χ1) is 13.0. The fourth-order valence-corrected chi connectivity index (χ4v) is 2.38. The van der Waals surface area contributed by atoms with Crippen molar-refractivity contribution < 1.29 is 19.1 Å². The summed E-state index contributed by atoms with van der Waals surface area (Å²) >= 11 is 0. The van der Waals surface area contributed by atoms with Gasteiger partial charge in [0.2, 0.25) is 0 Å². The van der Waals surface area contributed by atoms with Gasteiger partial charge in [0.05, 0.1) is 30.0 Å². The molecule has 2 rings (SSSR count). The average Bonchev–Trinajstić information content (AvgIpc) is 2.67. The third kappa shape index (κ3) is 6.11. The summed E-state index contributed by atoms with van der Waals surface area (Å²) in [5, 5.41) is 5.57. The monoisotopic (exact) mass is 370 g/mol. The van der Waals surface area contributed by atoms with Crippen LogP contribution in [0.2, 0.25) is 0 Å². The van der Waals surface area contributed by atoms with E-state index >= 15 is 0 Å². The summed E-state index contributed by atoms with van der Waals surface area (Å²) in [7, 11) is 1.57. The Morgan fingerprint density at radius 1 is 0.963 bits per heavy atom. The normalized spacial score (nSPS) is 10.5. The number of carbonyl (C=O) groups excluding carboxylic acids is 2. The number of ether oxygens (including phenoxy) is 2. The lowest BCUT2D eigenvalue weighted by Crippen LogP contribution is -2.28. The van der Waals surface area contributed by atoms with E-state index in [0.29, 0.717) is 48.2 Å². The number of hydrogen-bond acceptors (Lipinski definition) is 4. The van der Waals surface area contributed by atoms with Crippen molar-refractivity contribution in [1.29, 1.82) is 0 Å². The summed E-state index contributed by atoms with van der Waals surface area (Å²) < 4.78 is 10.7. The molecule has 0 aliphatic rings. The minimum atomic E-state index is -0.327. The summed E-state index contributed by atoms with van der Waals surface area (Å²) in [5.74, 6) is 0.266. The van der Waals surface area contributed by atoms with E-state index < -0.39 is 0 Å². The molecule has 2 aromatic carbocycles. The van der Waals surface area contributed by atoms with E-state index in [-0.39, 0.29) is 11.8 Å². The van der Waals surface area contributed by atoms with Crippen molar-refractivity contribution in [2.24, 2.45) is 5.92 Å². The quantitative estimate of drug-likeness (QED) is 0.664. The predicted molar refractivity (Wildman–Crippen MR) is 105 cm³/mol. The van der Waals surface area contributed by atoms with E-state index in [1.807, 2.05) is 19.9 Å². The second kappa shape index (κ2) is 10.3. The molecule has 0 radical (unpaired) electrons. The number of methoxy groups -OCH3 is 1. The maximum absolute atomic E-state index is 12.8. The molecule has 0 bridgehead atoms. The van der Waals surface area contributed by atoms with Gasteiger partial charge in [-0.2, -0.15) is 0 Å². The molecule has 6 heteroatoms. The van der Waals surface area contributed by atoms with E-state index in [1.165, 1.54) is 0 Å². The van der Waals surface area contributed by atoms with Crippen LogP contribution in [0.15, 0.2) is 48.5 Å². The second-order valence-electron chi connectivity index (χ2n) is 6.45. The van der Waals surface area contributed by atoms with Gasteiger partial charge in [0.25, 0.3) is 11.8 Å². The lowest BCUT2D eigenvalue weighted by Gasteiger charge is -2.14. The number of anilines is 1. The van der Waals surface area contributed by atoms with Crippen molar-refractivity contribution in [2.45, 2.75) is 13.8 Å². The van der Waals surface area contributed by atoms with Gasteiger partial charge in [-0.05, 0) is 30.2 Å². The summed E-state index contributed by atoms with van der Waals surface area (Å²) in [6, 6.07) is 13.9. The topological polar surface area (TPSA) is 76.7 Å². The molecule has 0 aromatic heterocycles. The van der Waals surface area contributed by atoms with E-state index in [1.54, 1.807) is 49.6 Å². The maximum atomic E-state index is 12.8. The number of benzene rings is 2. The zero-order chi connectivity index (χ0) is 19.6. The standard InChI is InChI=1S/C21H26N2O4/c1-15(2)14-27-19-11-7-5-9-17(19)21(25)23-18-10-6-4-8-16(18)20(24)22-12-13-26-3/h4-11,15H,12-14H2,1-3H3,(H,22,24)(H,23,25). The second-order valence-corrected chi connectivity index (χ2v) is 6.45. The van der Waals surface area contributed by atoms with Crippen molar-refractivity contribution >= 4 is 17.5 Å². The first-order valence-corrected chi connectivity index (χ1v) is 8.92. The van der Waals surface area contributed by atoms with Crippen molar-refractivity contribution in [3.63, 3.8) is 0 Å². The third-order valence-electron chi connectivity index (χ3n) is 3.72. The van der Waals surface area contributed by atoms with Crippen LogP contribution in [0.3, 0.4) is 0 Å². The Labute approximate surface area is 159 Å². The number of carbonyl (C=O) groups is 2. The largest absolute Gasteiger partial charge is 0.492 e. The molecule has 2 amide bonds. The van der Waals surface area contributed by atoms with Gasteiger partial charge in [-0.3, -0.25) is 9.59 Å². The number of para-hydroxylation sites is 2. The molecule has 0 saturated carbocycles. The first-order valence-electron chi connectivity index (χ1n) is 8.92. The zero-order valence-corrected chi connectivity index (χ0v) is 16.0. The molecule has 2 aromatic rings. The predicted octanol–water partition coefficient (Wildman–Crippen LogP) is 3.35. The number of amides is 2. The molecule has 0 atom stereocenters. The lowest BCUT2D eigenvalue weighted by atomic mass is 10.1. The minimum absolute atomic E-state index is 0.271. The highest BCUT2D eigenvalue weighted by molar-refractivity contribution is 6.10. The van der Waals surface area contributed by atoms with Gasteiger partial charge in [-0.1, -0.05) is 38.1 Å². The Balaban J connectivity index is 2.16. The molecule has 144 valence electrons. The molecule has 6 nitrogen and oxygen atoms in total. The van der Waals surface area contributed by atoms with Crippen LogP contribution in [-0.2, 0) is 4.74 Å². The average molecular weight is 370 g/mol. The van der Waals surface area contributed by atoms with Crippen LogP contribution < -0.4 is 15.4 Å². The minimum Gasteiger partial charge on any atom is -0.492 e. The first kappa shape index (κ1) is 20.5. The van der Waals surface area contributed by atoms with Crippen LogP contribution in [-0.4, -0.2) is 38.7 Å². The Bertz CT molecular complexity index is 774. The van der Waals surface area contributed by atoms with Gasteiger partial charge in [0.1, 0.15) is 5.75 Å². The van der Waals surface area contributed by atoms with Crippen LogP contribution in [0.4, 0.5) is 5.69 Å². The molecule has 0 aliphatic carbocycles. The maximum Gasteiger partial charge on any atom is 0.259 e. The lowest BCUT2D eigenvalue weighted by molar-refractivity contribution is 0.0938. The Kier molecular flexibility index (Phi) is 7.82. The summed E-state index contributed by atoms with van der Waals surface area (Å²) in [4.78, 5) is 25.1. The highest BCUT2D eigenvalue weighted by Gasteiger charge is 2.16. The van der Waals surface area contributed by atoms with E-state index in [9.17, 15) is 9.59 Å². The van der Waals surface area contributed by atoms with Crippen LogP contribution in [0.1, 0.15) is 34.6 Å². The summed E-state index contributed by atoms with van der Waals surface area (Å²) in [6.45, 7) is 5.41. The van der Waals surface area contributed by atoms with Gasteiger partial charge in [-0.15, -0.1) is 0 Å². The third-order valence-corrected chi connectivity index (χ3v) is 3.72. The molecule has 0 aliphatic heterocycles. The van der Waals surface area contributed by atoms with Crippen molar-refractivity contribution in [2.75, 3.05) is 32.2 Å². The van der Waals surface area contributed by atoms with Gasteiger partial charge in [-0.25, -0.2) is 0 Å². The number of rotatable bonds is 9. The van der Waals surface area contributed by atoms with Gasteiger partial charge >= 0.3 is 0 Å². The highest BCUT2D eigenvalue weighted by Crippen LogP contribution is 2.22. The SMILES string of the molecule is COCCNC(=O)c1ccccc1NC(=O)c1ccccc1OCC(C)C. The molecule has 0 fully saturated rings. The van der Waals surface area contributed by atoms with E-state index in [4.69, 9.17) is 9.47 Å². The molecule has 0 unspecified atom stereocenters. The van der Waals surface area contributed by atoms with Gasteiger partial charge in [0.15, 0.2) is 0 Å². The van der Waals surface area contributed by atoms with Gasteiger partial charge < -0.3 is 20.1 Å². The fraction of sp³-hybridized carbons (Fsp3) is 0.333. The van der Waals surface area contributed by atoms with E-state index in [2.05, 4.69) is 10.6 Å². The van der Waals surface area contributed by atoms with Crippen LogP contribution in [0.5, 0.6) is 5.75 Å². The summed E-state index contributed by atoms with van der Waals surface area (Å²) in [5.41, 5.74) is 1.26. The molecule has 0 heterocycles. The molecular weight excluding hydrogens is 344 g/mol. The van der Waals surface area contributed by atoms with Crippen molar-refractivity contribution in [3.05, 3.63) is 59.7 Å². The fourth-order valence-electron chi connectivity index (χ4n) is 2.38. The number of nitrogens with one attached hydrogen (secondary N) is 2. The molecule has 0 saturated heterocycles. The van der Waals surface area contributed by atoms with Crippen LogP contribution >= 0.6 is 0 Å². The van der Waals surface area contributed by atoms with Gasteiger partial charge in [0, 0.05) is 13.7 Å². The Morgan fingerprint density at radius 2 is 1.63 bits per heavy atom. The van der Waals surface area contributed by atoms with Crippen molar-refractivity contribution in [1.82, 2.24) is 5.32 Å². The molecule has 27 heavy (non-hydrogen) atoms. The molecular formula is C21H26N2O4. The zero-order valence-electron chi connectivity index (χ0n) is 16.0. The molecule has 0 spiro atoms. The number of hydrogen-bond donors (Lipinski definition) is 2. The Hall–Kier alpha value is -2.86. The van der Waals surface area contributed by atoms with Crippen LogP contribution in [0, 0.1) is 5.92 Å². The smallest absolute Gasteiger partial charge is 0.259 e.